The average molecular weight is 1310 g/mol. The van der Waals surface area contributed by atoms with Gasteiger partial charge in [-0.1, -0.05) is 0 Å². The molecule has 0 aromatic heterocycles. The quantitative estimate of drug-likeness (QED) is 0.233. The number of likely N-dealkylation sites (tertiary alicyclic amines) is 12. The molecule has 0 aromatic carbocycles. The summed E-state index contributed by atoms with van der Waals surface area (Å²) in [6.07, 6.45) is 19.1. The highest BCUT2D eigenvalue weighted by molar-refractivity contribution is 5.05. The zero-order valence-electron chi connectivity index (χ0n) is 64.1. The minimum atomic E-state index is 0.674. The van der Waals surface area contributed by atoms with Gasteiger partial charge in [0.05, 0.1) is 0 Å². The van der Waals surface area contributed by atoms with E-state index in [0.717, 1.165) is 59.9 Å². The summed E-state index contributed by atoms with van der Waals surface area (Å²) in [7, 11) is 22.5. The lowest BCUT2D eigenvalue weighted by Crippen LogP contribution is -2.59. The van der Waals surface area contributed by atoms with E-state index in [0.29, 0.717) is 36.0 Å². The van der Waals surface area contributed by atoms with Crippen LogP contribution in [0.15, 0.2) is 0 Å². The number of hydrogen-bond acceptors (Lipinski definition) is 16. The maximum absolute atomic E-state index is 3.33. The summed E-state index contributed by atoms with van der Waals surface area (Å²) in [6, 6.07) is 8.05. The largest absolute Gasteiger partial charge is 0.306 e. The number of piperidine rings is 5. The van der Waals surface area contributed by atoms with E-state index in [1.54, 1.807) is 0 Å². The summed E-state index contributed by atoms with van der Waals surface area (Å²) >= 11 is 0. The van der Waals surface area contributed by atoms with Crippen molar-refractivity contribution in [3.8, 4) is 23.7 Å². The summed E-state index contributed by atoms with van der Waals surface area (Å²) in [5, 5.41) is 0. The molecule has 0 amide bonds. The van der Waals surface area contributed by atoms with Crippen LogP contribution in [-0.4, -0.2) is 393 Å². The first kappa shape index (κ1) is 76.7. The van der Waals surface area contributed by atoms with Crippen molar-refractivity contribution in [2.45, 2.75) is 192 Å². The topological polar surface area (TPSA) is 51.8 Å². The molecule has 16 nitrogen and oxygen atoms in total. The second-order valence-electron chi connectivity index (χ2n) is 34.2. The number of piperazine rings is 4. The second kappa shape index (κ2) is 37.9. The van der Waals surface area contributed by atoms with Gasteiger partial charge in [0.15, 0.2) is 0 Å². The van der Waals surface area contributed by atoms with Crippen LogP contribution < -0.4 is 0 Å². The van der Waals surface area contributed by atoms with E-state index in [9.17, 15) is 0 Å². The van der Waals surface area contributed by atoms with Crippen molar-refractivity contribution >= 4 is 0 Å². The van der Waals surface area contributed by atoms with Crippen LogP contribution in [0.25, 0.3) is 0 Å². The lowest BCUT2D eigenvalue weighted by molar-refractivity contribution is 0.0346. The van der Waals surface area contributed by atoms with Crippen molar-refractivity contribution in [3.63, 3.8) is 0 Å². The zero-order chi connectivity index (χ0) is 67.0. The van der Waals surface area contributed by atoms with Gasteiger partial charge in [-0.05, 0) is 304 Å². The highest BCUT2D eigenvalue weighted by Crippen LogP contribution is 2.34. The van der Waals surface area contributed by atoms with E-state index in [1.807, 2.05) is 13.8 Å². The SMILES string of the molecule is CC#CC1CCN(C2CCN(C)CC2)CC1.CC#CC1CCN(C2CN(C)C2)CC1.CC1CN(CC2CCN(C)C2)CC(C)N1C.CC1CN(CC2CCN(C)CC2)CC(C)N1C.CN1CCC(CN2CC3CC2CN3C)C1.CN1CCC(CN2CC3CC2CN3C)CC1. The molecule has 0 saturated carbocycles. The molecule has 0 radical (unpaired) electrons. The van der Waals surface area contributed by atoms with Crippen LogP contribution in [0.5, 0.6) is 0 Å². The van der Waals surface area contributed by atoms with Gasteiger partial charge in [0.2, 0.25) is 0 Å². The predicted molar refractivity (Wildman–Crippen MR) is 398 cm³/mol. The van der Waals surface area contributed by atoms with Gasteiger partial charge in [0, 0.05) is 177 Å². The standard InChI is InChI=1S/C14H29N3.C14H24N2.C13H25N3.C13H27N3.C12H23N3.C12H20N2/c1-12-9-17(10-13(2)16(12)4)11-14-5-7-15(3)8-6-14;1-3-4-13-5-11-16(12-6-13)14-7-9-15(2)10-8-14;1-14-5-3-11(4-6-14)8-16-10-12-7-13(16)9-15(12)2;1-11-7-16(8-12(2)15(11)4)10-13-5-6-14(3)9-13;1-13-4-3-10(6-13)7-15-9-11-5-12(15)8-14(11)2;1-3-4-11-5-7-14(8-6-11)12-9-13(2)10-12/h12-14H,5-11H2,1-4H3;13-14H,5-12H2,1-2H3;11-13H,3-10H2,1-2H3;11-13H,5-10H2,1-4H3;10-12H,3-9H2,1-2H3;11-12H,5-10H2,1-2H3. The lowest BCUT2D eigenvalue weighted by Gasteiger charge is -2.45. The summed E-state index contributed by atoms with van der Waals surface area (Å²) in [6.45, 7) is 49.6. The second-order valence-corrected chi connectivity index (χ2v) is 34.2. The van der Waals surface area contributed by atoms with E-state index in [1.165, 1.54) is 273 Å². The molecule has 10 unspecified atom stereocenters. The van der Waals surface area contributed by atoms with Crippen LogP contribution in [0.3, 0.4) is 0 Å². The first-order chi connectivity index (χ1) is 45.1. The van der Waals surface area contributed by atoms with E-state index in [2.05, 4.69) is 200 Å². The van der Waals surface area contributed by atoms with Gasteiger partial charge in [0.1, 0.15) is 0 Å². The van der Waals surface area contributed by atoms with Gasteiger partial charge in [-0.2, -0.15) is 0 Å². The Labute approximate surface area is 580 Å². The number of nitrogens with zero attached hydrogens (tertiary/aromatic N) is 16. The summed E-state index contributed by atoms with van der Waals surface area (Å²) < 4.78 is 0. The third-order valence-corrected chi connectivity index (χ3v) is 26.3. The number of fused-ring (bicyclic) bond motifs is 4. The number of likely N-dealkylation sites (N-methyl/N-ethyl adjacent to an activating group) is 5. The van der Waals surface area contributed by atoms with Crippen LogP contribution in [0.4, 0.5) is 0 Å². The maximum Gasteiger partial charge on any atom is 0.0350 e. The summed E-state index contributed by atoms with van der Waals surface area (Å²) in [5.41, 5.74) is 0. The van der Waals surface area contributed by atoms with Crippen molar-refractivity contribution in [3.05, 3.63) is 0 Å². The number of rotatable bonds is 10. The molecule has 540 valence electrons. The van der Waals surface area contributed by atoms with Crippen molar-refractivity contribution in [2.24, 2.45) is 35.5 Å². The Morgan fingerprint density at radius 2 is 0.606 bits per heavy atom. The number of hydrogen-bond donors (Lipinski definition) is 0. The normalized spacial score (nSPS) is 35.0. The first-order valence-corrected chi connectivity index (χ1v) is 39.4. The minimum absolute atomic E-state index is 0.674. The smallest absolute Gasteiger partial charge is 0.0350 e. The van der Waals surface area contributed by atoms with Gasteiger partial charge in [0.25, 0.3) is 0 Å². The van der Waals surface area contributed by atoms with Gasteiger partial charge in [-0.25, -0.2) is 0 Å². The Morgan fingerprint density at radius 3 is 0.947 bits per heavy atom. The molecule has 0 spiro atoms. The maximum atomic E-state index is 3.33. The van der Waals surface area contributed by atoms with Gasteiger partial charge in [-0.3, -0.25) is 34.3 Å². The molecule has 94 heavy (non-hydrogen) atoms. The Balaban J connectivity index is 0.000000133. The predicted octanol–water partition coefficient (Wildman–Crippen LogP) is 6.21. The molecule has 0 N–H and O–H groups in total. The van der Waals surface area contributed by atoms with E-state index in [4.69, 9.17) is 0 Å². The zero-order valence-corrected chi connectivity index (χ0v) is 64.1. The molecular weight excluding hydrogens is 1160 g/mol. The monoisotopic (exact) mass is 1310 g/mol. The van der Waals surface area contributed by atoms with E-state index >= 15 is 0 Å². The fraction of sp³-hybridized carbons (Fsp3) is 0.949. The Kier molecular flexibility index (Phi) is 30.9. The van der Waals surface area contributed by atoms with Crippen molar-refractivity contribution in [1.82, 2.24) is 78.4 Å². The lowest BCUT2D eigenvalue weighted by atomic mass is 9.94. The average Bonchev–Trinajstić information content (AvgIpc) is 1.64. The van der Waals surface area contributed by atoms with Crippen LogP contribution in [-0.2, 0) is 0 Å². The molecule has 14 aliphatic rings. The summed E-state index contributed by atoms with van der Waals surface area (Å²) in [5.74, 6) is 17.8. The molecular formula is C78H148N16. The summed E-state index contributed by atoms with van der Waals surface area (Å²) in [4.78, 5) is 41.1. The van der Waals surface area contributed by atoms with Gasteiger partial charge >= 0.3 is 0 Å². The van der Waals surface area contributed by atoms with Crippen molar-refractivity contribution in [2.75, 3.05) is 254 Å². The molecule has 10 atom stereocenters. The fourth-order valence-corrected chi connectivity index (χ4v) is 19.4. The van der Waals surface area contributed by atoms with E-state index < -0.39 is 0 Å². The van der Waals surface area contributed by atoms with Crippen molar-refractivity contribution < 1.29 is 0 Å². The Hall–Kier alpha value is -1.52. The third-order valence-electron chi connectivity index (χ3n) is 26.3. The highest BCUT2D eigenvalue weighted by atomic mass is 15.4. The Bertz CT molecular complexity index is 2230. The van der Waals surface area contributed by atoms with Crippen molar-refractivity contribution in [1.29, 1.82) is 0 Å². The molecule has 16 heteroatoms. The van der Waals surface area contributed by atoms with E-state index in [-0.39, 0.29) is 0 Å². The van der Waals surface area contributed by atoms with Crippen LogP contribution in [0.1, 0.15) is 131 Å². The molecule has 14 aliphatic heterocycles. The molecule has 14 saturated heterocycles. The highest BCUT2D eigenvalue weighted by Gasteiger charge is 2.44. The minimum Gasteiger partial charge on any atom is -0.306 e. The van der Waals surface area contributed by atoms with Gasteiger partial charge in [-0.15, -0.1) is 23.7 Å². The van der Waals surface area contributed by atoms with Crippen LogP contribution in [0, 0.1) is 59.2 Å². The van der Waals surface area contributed by atoms with Crippen LogP contribution >= 0.6 is 0 Å². The molecule has 0 aromatic rings. The molecule has 14 heterocycles. The molecule has 0 aliphatic carbocycles. The fourth-order valence-electron chi connectivity index (χ4n) is 19.4. The van der Waals surface area contributed by atoms with Gasteiger partial charge < -0.3 is 44.1 Å². The molecule has 14 fully saturated rings. The molecule has 4 bridgehead atoms. The third kappa shape index (κ3) is 23.3. The molecule has 14 rings (SSSR count). The Morgan fingerprint density at radius 1 is 0.277 bits per heavy atom. The first-order valence-electron chi connectivity index (χ1n) is 39.4. The van der Waals surface area contributed by atoms with Crippen LogP contribution in [0.2, 0.25) is 0 Å².